The molecule has 0 N–H and O–H groups in total. The minimum absolute atomic E-state index is 0.115. The minimum Gasteiger partial charge on any atom is -0.313 e. The molecule has 0 amide bonds. The normalized spacial score (nSPS) is 27.3. The highest BCUT2D eigenvalue weighted by molar-refractivity contribution is 9.11. The lowest BCUT2D eigenvalue weighted by molar-refractivity contribution is 0.141. The van der Waals surface area contributed by atoms with Gasteiger partial charge in [0, 0.05) is 15.1 Å². The van der Waals surface area contributed by atoms with E-state index in [4.69, 9.17) is 4.52 Å². The van der Waals surface area contributed by atoms with Crippen LogP contribution in [0.2, 0.25) is 0 Å². The van der Waals surface area contributed by atoms with Crippen molar-refractivity contribution < 1.29 is 9.09 Å². The molecule has 4 heteroatoms. The Hall–Kier alpha value is -0.370. The molecule has 1 aromatic carbocycles. The summed E-state index contributed by atoms with van der Waals surface area (Å²) < 4.78 is 20.9. The molecule has 2 rings (SSSR count). The maximum atomic E-state index is 13.8. The maximum Gasteiger partial charge on any atom is 0.259 e. The summed E-state index contributed by atoms with van der Waals surface area (Å²) in [5.74, 6) is 0. The van der Waals surface area contributed by atoms with E-state index in [9.17, 15) is 4.57 Å². The molecule has 2 atom stereocenters. The lowest BCUT2D eigenvalue weighted by Crippen LogP contribution is -2.26. The van der Waals surface area contributed by atoms with Crippen molar-refractivity contribution in [1.29, 1.82) is 0 Å². The summed E-state index contributed by atoms with van der Waals surface area (Å²) >= 11 is 3.70. The van der Waals surface area contributed by atoms with Crippen LogP contribution in [0.5, 0.6) is 0 Å². The molecule has 1 aliphatic heterocycles. The summed E-state index contributed by atoms with van der Waals surface area (Å²) in [7, 11) is -3.03. The Labute approximate surface area is 136 Å². The molecule has 0 unspecified atom stereocenters. The fraction of sp³-hybridized carbons (Fsp3) is 0.529. The second-order valence-corrected chi connectivity index (χ2v) is 10.8. The van der Waals surface area contributed by atoms with Crippen molar-refractivity contribution in [1.82, 2.24) is 0 Å². The molecule has 0 bridgehead atoms. The third-order valence-electron chi connectivity index (χ3n) is 3.60. The molecule has 0 radical (unpaired) electrons. The van der Waals surface area contributed by atoms with Crippen molar-refractivity contribution in [2.75, 3.05) is 0 Å². The van der Waals surface area contributed by atoms with Gasteiger partial charge in [0.25, 0.3) is 7.37 Å². The summed E-state index contributed by atoms with van der Waals surface area (Å²) in [4.78, 5) is 0. The number of benzene rings is 1. The van der Waals surface area contributed by atoms with E-state index in [0.717, 1.165) is 15.1 Å². The first-order valence-electron chi connectivity index (χ1n) is 7.23. The summed E-state index contributed by atoms with van der Waals surface area (Å²) in [6, 6.07) is 9.56. The zero-order chi connectivity index (χ0) is 16.1. The monoisotopic (exact) mass is 370 g/mol. The van der Waals surface area contributed by atoms with Crippen LogP contribution in [0.4, 0.5) is 0 Å². The highest BCUT2D eigenvalue weighted by Crippen LogP contribution is 2.69. The van der Waals surface area contributed by atoms with Gasteiger partial charge in [0.1, 0.15) is 6.10 Å². The van der Waals surface area contributed by atoms with Gasteiger partial charge in [-0.2, -0.15) is 0 Å². The first-order chi connectivity index (χ1) is 9.48. The highest BCUT2D eigenvalue weighted by Gasteiger charge is 2.51. The minimum atomic E-state index is -3.03. The number of hydrogen-bond acceptors (Lipinski definition) is 2. The van der Waals surface area contributed by atoms with Crippen LogP contribution in [0.3, 0.4) is 0 Å². The number of rotatable bonds is 1. The van der Waals surface area contributed by atoms with Crippen LogP contribution in [-0.4, -0.2) is 6.10 Å². The predicted octanol–water partition coefficient (Wildman–Crippen LogP) is 5.69. The lowest BCUT2D eigenvalue weighted by atomic mass is 9.86. The summed E-state index contributed by atoms with van der Waals surface area (Å²) in [5, 5.41) is 1.68. The second-order valence-electron chi connectivity index (χ2n) is 7.69. The average molecular weight is 371 g/mol. The van der Waals surface area contributed by atoms with Crippen molar-refractivity contribution >= 4 is 28.6 Å². The zero-order valence-corrected chi connectivity index (χ0v) is 16.1. The van der Waals surface area contributed by atoms with Crippen LogP contribution in [0, 0.1) is 10.8 Å². The molecular formula is C17H24BrO2P. The Morgan fingerprint density at radius 3 is 2.00 bits per heavy atom. The van der Waals surface area contributed by atoms with Crippen molar-refractivity contribution in [2.45, 2.75) is 47.6 Å². The molecule has 1 aliphatic rings. The Balaban J connectivity index is 2.66. The van der Waals surface area contributed by atoms with Crippen LogP contribution >= 0.6 is 23.3 Å². The van der Waals surface area contributed by atoms with Crippen molar-refractivity contribution in [3.05, 3.63) is 40.1 Å². The average Bonchev–Trinajstić information content (AvgIpc) is 2.63. The lowest BCUT2D eigenvalue weighted by Gasteiger charge is -2.28. The van der Waals surface area contributed by atoms with E-state index in [1.807, 2.05) is 30.3 Å². The standard InChI is InChI=1S/C17H24BrO2P/c1-16(2,3)14-13(18)15(17(4,5)6)21(19,20-14)12-10-8-7-9-11-12/h7-11,14H,1-6H3/t14-,21+/m1/s1. The maximum absolute atomic E-state index is 13.8. The van der Waals surface area contributed by atoms with E-state index in [0.29, 0.717) is 0 Å². The van der Waals surface area contributed by atoms with Gasteiger partial charge in [-0.15, -0.1) is 0 Å². The Morgan fingerprint density at radius 1 is 1.05 bits per heavy atom. The van der Waals surface area contributed by atoms with Crippen molar-refractivity contribution in [3.8, 4) is 0 Å². The molecular weight excluding hydrogens is 347 g/mol. The van der Waals surface area contributed by atoms with Crippen LogP contribution in [0.1, 0.15) is 41.5 Å². The van der Waals surface area contributed by atoms with Crippen molar-refractivity contribution in [3.63, 3.8) is 0 Å². The van der Waals surface area contributed by atoms with Gasteiger partial charge < -0.3 is 4.52 Å². The molecule has 0 saturated carbocycles. The van der Waals surface area contributed by atoms with Gasteiger partial charge in [0.05, 0.1) is 0 Å². The molecule has 0 saturated heterocycles. The van der Waals surface area contributed by atoms with E-state index >= 15 is 0 Å². The van der Waals surface area contributed by atoms with E-state index in [1.54, 1.807) is 0 Å². The molecule has 1 heterocycles. The second kappa shape index (κ2) is 5.37. The summed E-state index contributed by atoms with van der Waals surface area (Å²) in [5.41, 5.74) is -0.333. The third-order valence-corrected chi connectivity index (χ3v) is 7.70. The predicted molar refractivity (Wildman–Crippen MR) is 93.4 cm³/mol. The van der Waals surface area contributed by atoms with Gasteiger partial charge in [0.15, 0.2) is 0 Å². The molecule has 0 aromatic heterocycles. The molecule has 21 heavy (non-hydrogen) atoms. The first-order valence-corrected chi connectivity index (χ1v) is 9.64. The fourth-order valence-corrected chi connectivity index (χ4v) is 7.93. The quantitative estimate of drug-likeness (QED) is 0.593. The van der Waals surface area contributed by atoms with Crippen LogP contribution in [0.15, 0.2) is 40.1 Å². The molecule has 0 aliphatic carbocycles. The molecule has 1 aromatic rings. The van der Waals surface area contributed by atoms with Crippen LogP contribution in [-0.2, 0) is 9.09 Å². The van der Waals surface area contributed by atoms with Gasteiger partial charge >= 0.3 is 0 Å². The van der Waals surface area contributed by atoms with Crippen LogP contribution in [0.25, 0.3) is 0 Å². The fourth-order valence-electron chi connectivity index (χ4n) is 2.66. The van der Waals surface area contributed by atoms with E-state index in [1.165, 1.54) is 0 Å². The number of hydrogen-bond donors (Lipinski definition) is 0. The highest BCUT2D eigenvalue weighted by atomic mass is 79.9. The van der Waals surface area contributed by atoms with Gasteiger partial charge in [-0.05, 0) is 23.0 Å². The van der Waals surface area contributed by atoms with Gasteiger partial charge in [-0.25, -0.2) is 0 Å². The Kier molecular flexibility index (Phi) is 4.34. The third kappa shape index (κ3) is 3.06. The van der Waals surface area contributed by atoms with Crippen LogP contribution < -0.4 is 5.30 Å². The number of allylic oxidation sites excluding steroid dienone is 1. The molecule has 116 valence electrons. The Bertz CT molecular complexity index is 606. The topological polar surface area (TPSA) is 26.3 Å². The number of halogens is 1. The molecule has 2 nitrogen and oxygen atoms in total. The van der Waals surface area contributed by atoms with Gasteiger partial charge in [0.2, 0.25) is 0 Å². The van der Waals surface area contributed by atoms with Gasteiger partial charge in [-0.1, -0.05) is 75.7 Å². The largest absolute Gasteiger partial charge is 0.313 e. The Morgan fingerprint density at radius 2 is 1.57 bits per heavy atom. The summed E-state index contributed by atoms with van der Waals surface area (Å²) in [6.45, 7) is 12.6. The van der Waals surface area contributed by atoms with E-state index in [2.05, 4.69) is 57.5 Å². The molecule has 0 fully saturated rings. The van der Waals surface area contributed by atoms with E-state index < -0.39 is 7.37 Å². The SMILES string of the molecule is CC(C)(C)C1=C(Br)[C@H](C(C)(C)C)O[P@@]1(=O)c1ccccc1. The molecule has 0 spiro atoms. The first kappa shape index (κ1) is 17.0. The van der Waals surface area contributed by atoms with E-state index in [-0.39, 0.29) is 16.9 Å². The zero-order valence-electron chi connectivity index (χ0n) is 13.6. The van der Waals surface area contributed by atoms with Crippen molar-refractivity contribution in [2.24, 2.45) is 10.8 Å². The van der Waals surface area contributed by atoms with Gasteiger partial charge in [-0.3, -0.25) is 4.57 Å². The smallest absolute Gasteiger partial charge is 0.259 e. The summed E-state index contributed by atoms with van der Waals surface area (Å²) in [6.07, 6.45) is -0.183.